The normalized spacial score (nSPS) is 10.6. The molecule has 0 aromatic heterocycles. The minimum Gasteiger partial charge on any atom is -0.405 e. The predicted octanol–water partition coefficient (Wildman–Crippen LogP) is 8.62. The number of rotatable bonds is 14. The summed E-state index contributed by atoms with van der Waals surface area (Å²) in [5.74, 6) is 0. The van der Waals surface area contributed by atoms with Crippen molar-refractivity contribution in [2.24, 2.45) is 22.6 Å². The lowest BCUT2D eigenvalue weighted by Crippen LogP contribution is -2.39. The van der Waals surface area contributed by atoms with Crippen LogP contribution in [0.2, 0.25) is 0 Å². The molecule has 0 bridgehead atoms. The maximum absolute atomic E-state index is 4.61. The Hall–Kier alpha value is -2.44. The van der Waals surface area contributed by atoms with Crippen molar-refractivity contribution in [1.82, 2.24) is 15.5 Å². The first-order valence-corrected chi connectivity index (χ1v) is 15.8. The van der Waals surface area contributed by atoms with Gasteiger partial charge in [0.2, 0.25) is 0 Å². The molecule has 0 aromatic rings. The zero-order chi connectivity index (χ0) is 34.4. The van der Waals surface area contributed by atoms with Gasteiger partial charge in [0.15, 0.2) is 0 Å². The van der Waals surface area contributed by atoms with Gasteiger partial charge in [-0.3, -0.25) is 0 Å². The van der Waals surface area contributed by atoms with Gasteiger partial charge < -0.3 is 32.7 Å². The molecule has 1 fully saturated rings. The van der Waals surface area contributed by atoms with Gasteiger partial charge >= 0.3 is 0 Å². The summed E-state index contributed by atoms with van der Waals surface area (Å²) in [7, 11) is 5.56. The van der Waals surface area contributed by atoms with Gasteiger partial charge in [-0.25, -0.2) is 0 Å². The van der Waals surface area contributed by atoms with E-state index in [2.05, 4.69) is 128 Å². The molecule has 0 radical (unpaired) electrons. The molecule has 6 heteroatoms. The smallest absolute Gasteiger partial charge is 0.0520 e. The van der Waals surface area contributed by atoms with Crippen molar-refractivity contribution in [2.75, 3.05) is 34.2 Å². The third kappa shape index (κ3) is 57.5. The zero-order valence-electron chi connectivity index (χ0n) is 30.2. The van der Waals surface area contributed by atoms with E-state index in [4.69, 9.17) is 0 Å². The fraction of sp³-hybridized carbons (Fsp3) is 0.667. The van der Waals surface area contributed by atoms with Gasteiger partial charge in [0, 0.05) is 19.6 Å². The number of nitrogens with two attached hydrogens (primary N) is 3. The molecule has 1 unspecified atom stereocenters. The highest BCUT2D eigenvalue weighted by Gasteiger charge is 2.22. The SMILES string of the molecule is C1CC1.C=C(C)CCCCCNC.C=CC(NC(=C)C(=C)N(C)CCCC)C(C)(C)C.C=CN.C=CN.CCC.CN. The van der Waals surface area contributed by atoms with Crippen LogP contribution in [-0.2, 0) is 0 Å². The molecule has 1 atom stereocenters. The van der Waals surface area contributed by atoms with Gasteiger partial charge in [-0.05, 0) is 71.1 Å². The monoisotopic (exact) mass is 595 g/mol. The molecule has 1 aliphatic carbocycles. The Labute approximate surface area is 265 Å². The van der Waals surface area contributed by atoms with E-state index in [0.29, 0.717) is 0 Å². The fourth-order valence-electron chi connectivity index (χ4n) is 2.57. The summed E-state index contributed by atoms with van der Waals surface area (Å²) in [6.07, 6.45) is 17.7. The predicted molar refractivity (Wildman–Crippen MR) is 198 cm³/mol. The van der Waals surface area contributed by atoms with Crippen molar-refractivity contribution in [3.8, 4) is 0 Å². The number of likely N-dealkylation sites (N-methyl/N-ethyl adjacent to an activating group) is 1. The van der Waals surface area contributed by atoms with E-state index in [1.807, 2.05) is 13.1 Å². The summed E-state index contributed by atoms with van der Waals surface area (Å²) in [4.78, 5) is 2.15. The largest absolute Gasteiger partial charge is 0.405 e. The average molecular weight is 595 g/mol. The van der Waals surface area contributed by atoms with Crippen LogP contribution in [0.15, 0.2) is 74.9 Å². The summed E-state index contributed by atoms with van der Waals surface area (Å²) in [5.41, 5.74) is 17.0. The van der Waals surface area contributed by atoms with E-state index in [9.17, 15) is 0 Å². The number of nitrogens with one attached hydrogen (secondary N) is 2. The molecule has 1 saturated carbocycles. The number of hydrogen-bond acceptors (Lipinski definition) is 6. The van der Waals surface area contributed by atoms with Crippen molar-refractivity contribution in [3.63, 3.8) is 0 Å². The van der Waals surface area contributed by atoms with Crippen LogP contribution in [0.5, 0.6) is 0 Å². The zero-order valence-corrected chi connectivity index (χ0v) is 30.2. The molecule has 1 aliphatic rings. The van der Waals surface area contributed by atoms with Gasteiger partial charge in [-0.15, -0.1) is 13.2 Å². The topological polar surface area (TPSA) is 105 Å². The molecular weight excluding hydrogens is 516 g/mol. The van der Waals surface area contributed by atoms with E-state index < -0.39 is 0 Å². The lowest BCUT2D eigenvalue weighted by atomic mass is 9.86. The maximum atomic E-state index is 4.61. The summed E-state index contributed by atoms with van der Waals surface area (Å²) in [6, 6.07) is 0.196. The van der Waals surface area contributed by atoms with Crippen molar-refractivity contribution < 1.29 is 0 Å². The van der Waals surface area contributed by atoms with Crippen LogP contribution in [0.4, 0.5) is 0 Å². The molecule has 1 rings (SSSR count). The van der Waals surface area contributed by atoms with Crippen LogP contribution in [0.3, 0.4) is 0 Å². The van der Waals surface area contributed by atoms with Gasteiger partial charge in [-0.2, -0.15) is 0 Å². The van der Waals surface area contributed by atoms with Gasteiger partial charge in [-0.1, -0.05) is 118 Å². The summed E-state index contributed by atoms with van der Waals surface area (Å²) < 4.78 is 0. The average Bonchev–Trinajstić information content (AvgIpc) is 3.81. The second-order valence-electron chi connectivity index (χ2n) is 11.0. The third-order valence-electron chi connectivity index (χ3n) is 5.04. The summed E-state index contributed by atoms with van der Waals surface area (Å²) in [5, 5.41) is 6.54. The van der Waals surface area contributed by atoms with E-state index in [1.54, 1.807) is 0 Å². The second-order valence-corrected chi connectivity index (χ2v) is 11.0. The number of unbranched alkanes of at least 4 members (excludes halogenated alkanes) is 3. The molecule has 252 valence electrons. The van der Waals surface area contributed by atoms with E-state index >= 15 is 0 Å². The van der Waals surface area contributed by atoms with Crippen molar-refractivity contribution in [1.29, 1.82) is 0 Å². The molecule has 0 amide bonds. The number of hydrogen-bond donors (Lipinski definition) is 5. The first-order chi connectivity index (χ1) is 19.7. The Balaban J connectivity index is -0.000000112. The minimum atomic E-state index is 0.118. The number of allylic oxidation sites excluding steroid dienone is 1. The molecule has 42 heavy (non-hydrogen) atoms. The van der Waals surface area contributed by atoms with E-state index in [0.717, 1.165) is 24.5 Å². The molecule has 0 aliphatic heterocycles. The number of nitrogens with zero attached hydrogens (tertiary/aromatic N) is 1. The highest BCUT2D eigenvalue weighted by Crippen LogP contribution is 2.22. The van der Waals surface area contributed by atoms with Crippen LogP contribution in [0.1, 0.15) is 113 Å². The Kier molecular flexibility index (Phi) is 53.5. The lowest BCUT2D eigenvalue weighted by Gasteiger charge is -2.32. The Morgan fingerprint density at radius 2 is 1.31 bits per heavy atom. The fourth-order valence-corrected chi connectivity index (χ4v) is 2.57. The van der Waals surface area contributed by atoms with Crippen molar-refractivity contribution >= 4 is 0 Å². The van der Waals surface area contributed by atoms with Crippen LogP contribution in [-0.4, -0.2) is 45.2 Å². The van der Waals surface area contributed by atoms with Crippen LogP contribution >= 0.6 is 0 Å². The van der Waals surface area contributed by atoms with Crippen LogP contribution in [0, 0.1) is 5.41 Å². The molecular formula is C36H78N6. The van der Waals surface area contributed by atoms with E-state index in [-0.39, 0.29) is 11.5 Å². The quantitative estimate of drug-likeness (QED) is 0.0783. The Morgan fingerprint density at radius 3 is 1.60 bits per heavy atom. The van der Waals surface area contributed by atoms with Gasteiger partial charge in [0.1, 0.15) is 0 Å². The molecule has 8 N–H and O–H groups in total. The highest BCUT2D eigenvalue weighted by molar-refractivity contribution is 5.24. The molecule has 6 nitrogen and oxygen atoms in total. The Bertz CT molecular complexity index is 594. The molecule has 0 spiro atoms. The van der Waals surface area contributed by atoms with Crippen LogP contribution < -0.4 is 27.8 Å². The molecule has 0 aromatic carbocycles. The second kappa shape index (κ2) is 43.0. The maximum Gasteiger partial charge on any atom is 0.0520 e. The lowest BCUT2D eigenvalue weighted by molar-refractivity contribution is 0.324. The van der Waals surface area contributed by atoms with Gasteiger partial charge in [0.25, 0.3) is 0 Å². The van der Waals surface area contributed by atoms with E-state index in [1.165, 1.54) is 89.2 Å². The highest BCUT2D eigenvalue weighted by atomic mass is 15.1. The first-order valence-electron chi connectivity index (χ1n) is 15.8. The summed E-state index contributed by atoms with van der Waals surface area (Å²) >= 11 is 0. The summed E-state index contributed by atoms with van der Waals surface area (Å²) in [6.45, 7) is 39.5. The molecule has 0 heterocycles. The van der Waals surface area contributed by atoms with Crippen molar-refractivity contribution in [3.05, 3.63) is 74.9 Å². The van der Waals surface area contributed by atoms with Crippen molar-refractivity contribution in [2.45, 2.75) is 119 Å². The first kappa shape index (κ1) is 52.2. The minimum absolute atomic E-state index is 0.118. The van der Waals surface area contributed by atoms with Crippen LogP contribution in [0.25, 0.3) is 0 Å². The Morgan fingerprint density at radius 1 is 0.881 bits per heavy atom. The standard InChI is InChI=1S/C16H30N2.C9H19N.C3H6.C3H8.2C2H5N.CH5N/c1-9-11-12-18(8)14(4)13(3)17-15(10-2)16(5,6)7;1-9(2)7-5-4-6-8-10-3;1-2-3-1;1-3-2;2*1-2-3;1-2/h10,15,17H,2-4,9,11-12H2,1,5-8H3;10H,1,4-8H2,2-3H3;1-3H2;3H2,1-2H3;2*2H,1,3H2;2H2,1H3. The van der Waals surface area contributed by atoms with Gasteiger partial charge in [0.05, 0.1) is 11.4 Å². The third-order valence-corrected chi connectivity index (χ3v) is 5.04. The molecule has 0 saturated heterocycles.